The van der Waals surface area contributed by atoms with Gasteiger partial charge in [0.25, 0.3) is 0 Å². The van der Waals surface area contributed by atoms with E-state index in [1.807, 2.05) is 28.6 Å². The third-order valence-electron chi connectivity index (χ3n) is 4.27. The number of nitrogens with zero attached hydrogens (tertiary/aromatic N) is 5. The minimum atomic E-state index is 0.0653. The molecule has 0 N–H and O–H groups in total. The van der Waals surface area contributed by atoms with Crippen molar-refractivity contribution in [2.45, 2.75) is 52.6 Å². The van der Waals surface area contributed by atoms with Crippen LogP contribution in [0.5, 0.6) is 0 Å². The van der Waals surface area contributed by atoms with E-state index in [1.54, 1.807) is 13.1 Å². The van der Waals surface area contributed by atoms with Crippen molar-refractivity contribution < 1.29 is 4.79 Å². The van der Waals surface area contributed by atoms with Gasteiger partial charge >= 0.3 is 0 Å². The summed E-state index contributed by atoms with van der Waals surface area (Å²) in [5.74, 6) is 0.846. The monoisotopic (exact) mass is 313 g/mol. The maximum Gasteiger partial charge on any atom is 0.220 e. The molecule has 0 bridgehead atoms. The first-order valence-corrected chi connectivity index (χ1v) is 8.25. The molecule has 3 rings (SSSR count). The summed E-state index contributed by atoms with van der Waals surface area (Å²) in [6, 6.07) is 4.07. The zero-order valence-electron chi connectivity index (χ0n) is 14.0. The second kappa shape index (κ2) is 6.48. The number of hydrogen-bond donors (Lipinski definition) is 0. The van der Waals surface area contributed by atoms with Crippen molar-refractivity contribution >= 4 is 5.91 Å². The van der Waals surface area contributed by atoms with E-state index in [9.17, 15) is 4.79 Å². The fourth-order valence-electron chi connectivity index (χ4n) is 3.28. The molecule has 23 heavy (non-hydrogen) atoms. The number of carbonyl (C=O) groups excluding carboxylic acids is 1. The van der Waals surface area contributed by atoms with Gasteiger partial charge in [0, 0.05) is 26.2 Å². The summed E-state index contributed by atoms with van der Waals surface area (Å²) < 4.78 is 1.98. The summed E-state index contributed by atoms with van der Waals surface area (Å²) in [5.41, 5.74) is 2.82. The Morgan fingerprint density at radius 3 is 2.96 bits per heavy atom. The zero-order chi connectivity index (χ0) is 16.4. The van der Waals surface area contributed by atoms with E-state index in [0.717, 1.165) is 55.3 Å². The van der Waals surface area contributed by atoms with Crippen LogP contribution in [-0.2, 0) is 11.3 Å². The zero-order valence-corrected chi connectivity index (χ0v) is 14.0. The first kappa shape index (κ1) is 15.6. The van der Waals surface area contributed by atoms with Crippen molar-refractivity contribution in [2.24, 2.45) is 0 Å². The Morgan fingerprint density at radius 2 is 2.22 bits per heavy atom. The average molecular weight is 313 g/mol. The summed E-state index contributed by atoms with van der Waals surface area (Å²) >= 11 is 0. The molecule has 1 fully saturated rings. The lowest BCUT2D eigenvalue weighted by Crippen LogP contribution is -2.28. The van der Waals surface area contributed by atoms with Crippen molar-refractivity contribution in [2.75, 3.05) is 6.54 Å². The largest absolute Gasteiger partial charge is 0.334 e. The third kappa shape index (κ3) is 3.11. The predicted octanol–water partition coefficient (Wildman–Crippen LogP) is 2.74. The normalized spacial score (nSPS) is 17.7. The molecule has 2 aromatic heterocycles. The summed E-state index contributed by atoms with van der Waals surface area (Å²) in [4.78, 5) is 22.9. The third-order valence-corrected chi connectivity index (χ3v) is 4.27. The Hall–Kier alpha value is -2.24. The molecule has 1 saturated heterocycles. The lowest BCUT2D eigenvalue weighted by atomic mass is 10.1. The molecule has 0 spiro atoms. The lowest BCUT2D eigenvalue weighted by molar-refractivity contribution is -0.129. The molecule has 1 aliphatic rings. The van der Waals surface area contributed by atoms with Crippen LogP contribution in [0.2, 0.25) is 0 Å². The van der Waals surface area contributed by atoms with Gasteiger partial charge in [0.15, 0.2) is 0 Å². The van der Waals surface area contributed by atoms with Gasteiger partial charge in [-0.05, 0) is 38.3 Å². The smallest absolute Gasteiger partial charge is 0.220 e. The van der Waals surface area contributed by atoms with Gasteiger partial charge in [0.2, 0.25) is 5.91 Å². The summed E-state index contributed by atoms with van der Waals surface area (Å²) in [6.45, 7) is 7.34. The Bertz CT molecular complexity index is 709. The van der Waals surface area contributed by atoms with Gasteiger partial charge in [-0.3, -0.25) is 9.48 Å². The van der Waals surface area contributed by atoms with E-state index in [-0.39, 0.29) is 11.9 Å². The molecule has 1 aliphatic heterocycles. The highest BCUT2D eigenvalue weighted by Crippen LogP contribution is 2.32. The minimum Gasteiger partial charge on any atom is -0.334 e. The molecule has 122 valence electrons. The molecule has 1 atom stereocenters. The molecule has 0 radical (unpaired) electrons. The fraction of sp³-hybridized carbons (Fsp3) is 0.529. The Kier molecular flexibility index (Phi) is 4.41. The molecule has 0 saturated carbocycles. The molecule has 0 aliphatic carbocycles. The Morgan fingerprint density at radius 1 is 1.39 bits per heavy atom. The van der Waals surface area contributed by atoms with Crippen LogP contribution in [0, 0.1) is 6.92 Å². The van der Waals surface area contributed by atoms with Crippen molar-refractivity contribution in [3.8, 4) is 11.4 Å². The van der Waals surface area contributed by atoms with Gasteiger partial charge in [-0.2, -0.15) is 5.10 Å². The second-order valence-electron chi connectivity index (χ2n) is 6.04. The number of likely N-dealkylation sites (tertiary alicyclic amines) is 1. The van der Waals surface area contributed by atoms with E-state index in [2.05, 4.69) is 22.0 Å². The highest BCUT2D eigenvalue weighted by atomic mass is 16.2. The standard InChI is InChI=1S/C17H23N5O/c1-4-9-22-17(7-8-18-22)15-11-14(19-12(2)20-15)16-6-5-10-21(16)13(3)23/h7-8,11,16H,4-6,9-10H2,1-3H3/t16-/m1/s1. The summed E-state index contributed by atoms with van der Waals surface area (Å²) in [5, 5.41) is 4.37. The first-order chi connectivity index (χ1) is 11.1. The van der Waals surface area contributed by atoms with E-state index in [0.29, 0.717) is 0 Å². The fourth-order valence-corrected chi connectivity index (χ4v) is 3.28. The maximum atomic E-state index is 11.8. The van der Waals surface area contributed by atoms with Gasteiger partial charge < -0.3 is 4.90 Å². The van der Waals surface area contributed by atoms with E-state index in [1.165, 1.54) is 0 Å². The van der Waals surface area contributed by atoms with Crippen LogP contribution < -0.4 is 0 Å². The number of rotatable bonds is 4. The molecule has 6 nitrogen and oxygen atoms in total. The number of aryl methyl sites for hydroxylation is 2. The van der Waals surface area contributed by atoms with Crippen molar-refractivity contribution in [3.05, 3.63) is 29.8 Å². The molecule has 2 aromatic rings. The van der Waals surface area contributed by atoms with Crippen LogP contribution >= 0.6 is 0 Å². The van der Waals surface area contributed by atoms with Gasteiger partial charge in [0.05, 0.1) is 23.1 Å². The lowest BCUT2D eigenvalue weighted by Gasteiger charge is -2.23. The minimum absolute atomic E-state index is 0.0653. The number of aromatic nitrogens is 4. The van der Waals surface area contributed by atoms with E-state index in [4.69, 9.17) is 0 Å². The van der Waals surface area contributed by atoms with Crippen molar-refractivity contribution in [1.82, 2.24) is 24.6 Å². The average Bonchev–Trinajstić information content (AvgIpc) is 3.16. The van der Waals surface area contributed by atoms with Crippen LogP contribution in [0.1, 0.15) is 50.7 Å². The topological polar surface area (TPSA) is 63.9 Å². The van der Waals surface area contributed by atoms with Gasteiger partial charge in [0.1, 0.15) is 5.82 Å². The summed E-state index contributed by atoms with van der Waals surface area (Å²) in [7, 11) is 0. The number of amides is 1. The van der Waals surface area contributed by atoms with Crippen LogP contribution in [0.25, 0.3) is 11.4 Å². The molecule has 0 aromatic carbocycles. The molecule has 1 amide bonds. The number of carbonyl (C=O) groups is 1. The van der Waals surface area contributed by atoms with Crippen LogP contribution in [0.4, 0.5) is 0 Å². The molecular weight excluding hydrogens is 290 g/mol. The number of hydrogen-bond acceptors (Lipinski definition) is 4. The van der Waals surface area contributed by atoms with E-state index < -0.39 is 0 Å². The highest BCUT2D eigenvalue weighted by molar-refractivity contribution is 5.74. The summed E-state index contributed by atoms with van der Waals surface area (Å²) in [6.07, 6.45) is 4.81. The van der Waals surface area contributed by atoms with E-state index >= 15 is 0 Å². The maximum absolute atomic E-state index is 11.8. The van der Waals surface area contributed by atoms with Crippen molar-refractivity contribution in [3.63, 3.8) is 0 Å². The first-order valence-electron chi connectivity index (χ1n) is 8.25. The van der Waals surface area contributed by atoms with Crippen LogP contribution in [0.3, 0.4) is 0 Å². The van der Waals surface area contributed by atoms with Crippen LogP contribution in [0.15, 0.2) is 18.3 Å². The Labute approximate surface area is 136 Å². The van der Waals surface area contributed by atoms with Gasteiger partial charge in [-0.15, -0.1) is 0 Å². The quantitative estimate of drug-likeness (QED) is 0.870. The second-order valence-corrected chi connectivity index (χ2v) is 6.04. The Balaban J connectivity index is 1.99. The van der Waals surface area contributed by atoms with Gasteiger partial charge in [-0.1, -0.05) is 6.92 Å². The molecular formula is C17H23N5O. The predicted molar refractivity (Wildman–Crippen MR) is 87.6 cm³/mol. The highest BCUT2D eigenvalue weighted by Gasteiger charge is 2.29. The molecule has 6 heteroatoms. The molecule has 0 unspecified atom stereocenters. The van der Waals surface area contributed by atoms with Crippen LogP contribution in [-0.4, -0.2) is 37.1 Å². The SMILES string of the molecule is CCCn1nccc1-c1cc([C@H]2CCCN2C(C)=O)nc(C)n1. The van der Waals surface area contributed by atoms with Gasteiger partial charge in [-0.25, -0.2) is 9.97 Å². The molecule has 3 heterocycles. The van der Waals surface area contributed by atoms with Crippen molar-refractivity contribution in [1.29, 1.82) is 0 Å².